The molecule has 2 aromatic rings. The molecule has 0 saturated heterocycles. The molecular formula is C20H22ClNO3. The number of carboxylic acid groups (broad SMARTS) is 1. The Morgan fingerprint density at radius 2 is 1.84 bits per heavy atom. The second-order valence-corrected chi connectivity index (χ2v) is 6.98. The molecule has 25 heavy (non-hydrogen) atoms. The van der Waals surface area contributed by atoms with E-state index in [-0.39, 0.29) is 5.91 Å². The van der Waals surface area contributed by atoms with Crippen LogP contribution in [-0.4, -0.2) is 17.0 Å². The van der Waals surface area contributed by atoms with Crippen LogP contribution in [0, 0.1) is 5.92 Å². The van der Waals surface area contributed by atoms with Crippen molar-refractivity contribution in [3.63, 3.8) is 0 Å². The maximum atomic E-state index is 12.5. The number of hydrogen-bond acceptors (Lipinski definition) is 2. The number of anilines is 1. The molecule has 0 fully saturated rings. The lowest BCUT2D eigenvalue weighted by Gasteiger charge is -2.16. The number of halogens is 1. The zero-order valence-corrected chi connectivity index (χ0v) is 15.3. The lowest BCUT2D eigenvalue weighted by molar-refractivity contribution is -0.138. The van der Waals surface area contributed by atoms with E-state index in [9.17, 15) is 14.7 Å². The molecule has 0 bridgehead atoms. The van der Waals surface area contributed by atoms with Gasteiger partial charge in [0.25, 0.3) is 5.91 Å². The Morgan fingerprint density at radius 1 is 1.12 bits per heavy atom. The molecule has 1 unspecified atom stereocenters. The fraction of sp³-hybridized carbons (Fsp3) is 0.300. The van der Waals surface area contributed by atoms with E-state index >= 15 is 0 Å². The van der Waals surface area contributed by atoms with Gasteiger partial charge in [0.1, 0.15) is 0 Å². The van der Waals surface area contributed by atoms with E-state index in [0.717, 1.165) is 12.0 Å². The van der Waals surface area contributed by atoms with Gasteiger partial charge in [-0.25, -0.2) is 0 Å². The summed E-state index contributed by atoms with van der Waals surface area (Å²) < 4.78 is 0. The average Bonchev–Trinajstić information content (AvgIpc) is 2.55. The highest BCUT2D eigenvalue weighted by Gasteiger charge is 2.17. The largest absolute Gasteiger partial charge is 0.481 e. The van der Waals surface area contributed by atoms with E-state index < -0.39 is 11.9 Å². The highest BCUT2D eigenvalue weighted by molar-refractivity contribution is 6.31. The fourth-order valence-corrected chi connectivity index (χ4v) is 2.75. The van der Waals surface area contributed by atoms with E-state index in [0.29, 0.717) is 27.8 Å². The SMILES string of the molecule is CC(C)Cc1ccc(C(C)C(=O)O)cc1NC(=O)c1cccc(Cl)c1. The van der Waals surface area contributed by atoms with Crippen LogP contribution in [0.15, 0.2) is 42.5 Å². The normalized spacial score (nSPS) is 12.0. The van der Waals surface area contributed by atoms with Gasteiger partial charge in [0.2, 0.25) is 0 Å². The molecule has 132 valence electrons. The van der Waals surface area contributed by atoms with E-state index in [1.165, 1.54) is 0 Å². The van der Waals surface area contributed by atoms with Crippen LogP contribution in [0.25, 0.3) is 0 Å². The van der Waals surface area contributed by atoms with Crippen molar-refractivity contribution in [1.29, 1.82) is 0 Å². The number of rotatable bonds is 6. The number of carbonyl (C=O) groups is 2. The Kier molecular flexibility index (Phi) is 6.21. The first-order valence-corrected chi connectivity index (χ1v) is 8.58. The Hall–Kier alpha value is -2.33. The molecule has 2 aromatic carbocycles. The molecule has 2 rings (SSSR count). The van der Waals surface area contributed by atoms with Gasteiger partial charge in [0, 0.05) is 16.3 Å². The zero-order valence-electron chi connectivity index (χ0n) is 14.5. The zero-order chi connectivity index (χ0) is 18.6. The predicted octanol–water partition coefficient (Wildman–Crippen LogP) is 4.98. The monoisotopic (exact) mass is 359 g/mol. The van der Waals surface area contributed by atoms with E-state index in [4.69, 9.17) is 11.6 Å². The lowest BCUT2D eigenvalue weighted by atomic mass is 9.95. The highest BCUT2D eigenvalue weighted by Crippen LogP contribution is 2.26. The summed E-state index contributed by atoms with van der Waals surface area (Å²) in [5.41, 5.74) is 2.73. The van der Waals surface area contributed by atoms with E-state index in [1.807, 2.05) is 12.1 Å². The van der Waals surface area contributed by atoms with Gasteiger partial charge >= 0.3 is 5.97 Å². The Morgan fingerprint density at radius 3 is 2.44 bits per heavy atom. The minimum Gasteiger partial charge on any atom is -0.481 e. The van der Waals surface area contributed by atoms with Gasteiger partial charge in [-0.1, -0.05) is 43.6 Å². The van der Waals surface area contributed by atoms with Crippen molar-refractivity contribution in [2.24, 2.45) is 5.92 Å². The van der Waals surface area contributed by atoms with Crippen molar-refractivity contribution >= 4 is 29.2 Å². The number of carboxylic acids is 1. The molecular weight excluding hydrogens is 338 g/mol. The van der Waals surface area contributed by atoms with Gasteiger partial charge < -0.3 is 10.4 Å². The van der Waals surface area contributed by atoms with Crippen LogP contribution in [0.4, 0.5) is 5.69 Å². The predicted molar refractivity (Wildman–Crippen MR) is 100 cm³/mol. The van der Waals surface area contributed by atoms with Gasteiger partial charge in [-0.2, -0.15) is 0 Å². The molecule has 0 saturated carbocycles. The van der Waals surface area contributed by atoms with E-state index in [2.05, 4.69) is 19.2 Å². The first-order chi connectivity index (χ1) is 11.8. The molecule has 0 aliphatic heterocycles. The van der Waals surface area contributed by atoms with Gasteiger partial charge in [-0.3, -0.25) is 9.59 Å². The minimum absolute atomic E-state index is 0.271. The summed E-state index contributed by atoms with van der Waals surface area (Å²) in [6, 6.07) is 12.2. The summed E-state index contributed by atoms with van der Waals surface area (Å²) in [6.07, 6.45) is 0.785. The minimum atomic E-state index is -0.899. The third-order valence-corrected chi connectivity index (χ3v) is 4.20. The topological polar surface area (TPSA) is 66.4 Å². The first kappa shape index (κ1) is 19.0. The van der Waals surface area contributed by atoms with Crippen LogP contribution in [0.2, 0.25) is 5.02 Å². The second kappa shape index (κ2) is 8.17. The number of benzene rings is 2. The van der Waals surface area contributed by atoms with Crippen molar-refractivity contribution in [2.45, 2.75) is 33.1 Å². The smallest absolute Gasteiger partial charge is 0.310 e. The molecule has 4 nitrogen and oxygen atoms in total. The lowest BCUT2D eigenvalue weighted by Crippen LogP contribution is -2.15. The van der Waals surface area contributed by atoms with Crippen LogP contribution < -0.4 is 5.32 Å². The maximum Gasteiger partial charge on any atom is 0.310 e. The summed E-state index contributed by atoms with van der Waals surface area (Å²) in [5, 5.41) is 12.6. The van der Waals surface area contributed by atoms with Crippen LogP contribution in [0.5, 0.6) is 0 Å². The van der Waals surface area contributed by atoms with E-state index in [1.54, 1.807) is 37.3 Å². The second-order valence-electron chi connectivity index (χ2n) is 6.54. The summed E-state index contributed by atoms with van der Waals surface area (Å²) in [5.74, 6) is -1.41. The van der Waals surface area contributed by atoms with Crippen LogP contribution >= 0.6 is 11.6 Å². The van der Waals surface area contributed by atoms with Gasteiger partial charge in [-0.15, -0.1) is 0 Å². The Balaban J connectivity index is 2.36. The number of hydrogen-bond donors (Lipinski definition) is 2. The van der Waals surface area contributed by atoms with Crippen LogP contribution in [-0.2, 0) is 11.2 Å². The molecule has 0 aliphatic rings. The van der Waals surface area contributed by atoms with Gasteiger partial charge in [0.05, 0.1) is 5.92 Å². The summed E-state index contributed by atoms with van der Waals surface area (Å²) in [6.45, 7) is 5.81. The molecule has 1 amide bonds. The van der Waals surface area contributed by atoms with Crippen molar-refractivity contribution in [3.05, 3.63) is 64.2 Å². The standard InChI is InChI=1S/C20H22ClNO3/c1-12(2)9-15-8-7-14(13(3)20(24)25)11-18(15)22-19(23)16-5-4-6-17(21)10-16/h4-8,10-13H,9H2,1-3H3,(H,22,23)(H,24,25). The number of nitrogens with one attached hydrogen (secondary N) is 1. The molecule has 1 atom stereocenters. The third kappa shape index (κ3) is 5.07. The average molecular weight is 360 g/mol. The van der Waals surface area contributed by atoms with Crippen LogP contribution in [0.3, 0.4) is 0 Å². The maximum absolute atomic E-state index is 12.5. The molecule has 0 aliphatic carbocycles. The van der Waals surface area contributed by atoms with Gasteiger partial charge in [0.15, 0.2) is 0 Å². The fourth-order valence-electron chi connectivity index (χ4n) is 2.56. The summed E-state index contributed by atoms with van der Waals surface area (Å²) in [7, 11) is 0. The van der Waals surface area contributed by atoms with Crippen molar-refractivity contribution in [3.8, 4) is 0 Å². The highest BCUT2D eigenvalue weighted by atomic mass is 35.5. The van der Waals surface area contributed by atoms with Gasteiger partial charge in [-0.05, 0) is 54.7 Å². The quantitative estimate of drug-likeness (QED) is 0.764. The molecule has 5 heteroatoms. The number of aliphatic carboxylic acids is 1. The first-order valence-electron chi connectivity index (χ1n) is 8.20. The van der Waals surface area contributed by atoms with Crippen molar-refractivity contribution in [2.75, 3.05) is 5.32 Å². The Bertz CT molecular complexity index is 786. The number of amides is 1. The van der Waals surface area contributed by atoms with Crippen molar-refractivity contribution in [1.82, 2.24) is 0 Å². The summed E-state index contributed by atoms with van der Waals surface area (Å²) in [4.78, 5) is 23.8. The molecule has 2 N–H and O–H groups in total. The Labute approximate surface area is 152 Å². The molecule has 0 aromatic heterocycles. The van der Waals surface area contributed by atoms with Crippen LogP contribution in [0.1, 0.15) is 48.2 Å². The number of carbonyl (C=O) groups excluding carboxylic acids is 1. The summed E-state index contributed by atoms with van der Waals surface area (Å²) >= 11 is 5.95. The molecule has 0 heterocycles. The molecule has 0 spiro atoms. The van der Waals surface area contributed by atoms with Crippen molar-refractivity contribution < 1.29 is 14.7 Å². The third-order valence-electron chi connectivity index (χ3n) is 3.97. The molecule has 0 radical (unpaired) electrons.